The second-order valence-corrected chi connectivity index (χ2v) is 8.21. The first-order valence-corrected chi connectivity index (χ1v) is 11.3. The van der Waals surface area contributed by atoms with Crippen LogP contribution in [0.1, 0.15) is 22.3 Å². The molecule has 1 aliphatic rings. The molecular weight excluding hydrogens is 454 g/mol. The molecule has 4 aromatic rings. The maximum Gasteiger partial charge on any atom is 0.338 e. The highest BCUT2D eigenvalue weighted by Gasteiger charge is 2.14. The van der Waals surface area contributed by atoms with Crippen LogP contribution < -0.4 is 10.3 Å². The molecule has 0 unspecified atom stereocenters. The van der Waals surface area contributed by atoms with Crippen LogP contribution in [0.3, 0.4) is 0 Å². The lowest BCUT2D eigenvalue weighted by Crippen LogP contribution is -2.37. The van der Waals surface area contributed by atoms with Gasteiger partial charge in [0.2, 0.25) is 5.95 Å². The molecule has 182 valence electrons. The van der Waals surface area contributed by atoms with Crippen molar-refractivity contribution in [2.24, 2.45) is 0 Å². The molecule has 0 amide bonds. The minimum Gasteiger partial charge on any atom is -0.494 e. The van der Waals surface area contributed by atoms with Crippen molar-refractivity contribution in [1.29, 1.82) is 0 Å². The summed E-state index contributed by atoms with van der Waals surface area (Å²) >= 11 is 0. The Morgan fingerprint density at radius 1 is 1.20 bits per heavy atom. The molecule has 1 aromatic carbocycles. The van der Waals surface area contributed by atoms with Crippen LogP contribution in [-0.2, 0) is 11.3 Å². The van der Waals surface area contributed by atoms with Gasteiger partial charge < -0.3 is 19.1 Å². The molecule has 12 nitrogen and oxygen atoms in total. The number of carboxylic acid groups (broad SMARTS) is 1. The van der Waals surface area contributed by atoms with Gasteiger partial charge in [-0.15, -0.1) is 0 Å². The summed E-state index contributed by atoms with van der Waals surface area (Å²) in [6.07, 6.45) is 4.97. The van der Waals surface area contributed by atoms with Crippen molar-refractivity contribution in [2.45, 2.75) is 13.0 Å². The average Bonchev–Trinajstić information content (AvgIpc) is 3.52. The van der Waals surface area contributed by atoms with Gasteiger partial charge in [0.05, 0.1) is 37.9 Å². The van der Waals surface area contributed by atoms with Gasteiger partial charge in [-0.1, -0.05) is 12.1 Å². The predicted molar refractivity (Wildman–Crippen MR) is 125 cm³/mol. The number of imidazole rings is 1. The zero-order chi connectivity index (χ0) is 24.2. The summed E-state index contributed by atoms with van der Waals surface area (Å²) in [7, 11) is 0. The van der Waals surface area contributed by atoms with Gasteiger partial charge in [-0.25, -0.2) is 14.5 Å². The predicted octanol–water partition coefficient (Wildman–Crippen LogP) is 1.15. The first-order valence-electron chi connectivity index (χ1n) is 11.3. The van der Waals surface area contributed by atoms with Crippen LogP contribution in [0, 0.1) is 0 Å². The van der Waals surface area contributed by atoms with E-state index in [1.54, 1.807) is 10.9 Å². The van der Waals surface area contributed by atoms with Gasteiger partial charge in [-0.3, -0.25) is 14.7 Å². The summed E-state index contributed by atoms with van der Waals surface area (Å²) in [5, 5.41) is 13.0. The number of nitrogens with zero attached hydrogens (tertiary/aromatic N) is 6. The number of rotatable bonds is 9. The number of benzene rings is 1. The van der Waals surface area contributed by atoms with Gasteiger partial charge in [0.15, 0.2) is 11.2 Å². The fourth-order valence-corrected chi connectivity index (χ4v) is 3.94. The van der Waals surface area contributed by atoms with Crippen molar-refractivity contribution in [1.82, 2.24) is 34.2 Å². The van der Waals surface area contributed by atoms with Crippen molar-refractivity contribution in [3.63, 3.8) is 0 Å². The van der Waals surface area contributed by atoms with E-state index in [0.717, 1.165) is 50.6 Å². The molecule has 5 rings (SSSR count). The summed E-state index contributed by atoms with van der Waals surface area (Å²) < 4.78 is 14.1. The summed E-state index contributed by atoms with van der Waals surface area (Å²) in [6.45, 7) is 5.64. The van der Waals surface area contributed by atoms with E-state index in [1.165, 1.54) is 17.1 Å². The Labute approximate surface area is 199 Å². The molecule has 12 heteroatoms. The van der Waals surface area contributed by atoms with Crippen molar-refractivity contribution in [3.05, 3.63) is 64.5 Å². The largest absolute Gasteiger partial charge is 0.494 e. The number of morpholine rings is 1. The number of carbonyl (C=O) groups is 1. The summed E-state index contributed by atoms with van der Waals surface area (Å²) in [5.74, 6) is -0.223. The van der Waals surface area contributed by atoms with Crippen LogP contribution in [0.15, 0.2) is 47.8 Å². The van der Waals surface area contributed by atoms with Gasteiger partial charge in [-0.2, -0.15) is 10.1 Å². The maximum absolute atomic E-state index is 12.8. The second-order valence-electron chi connectivity index (χ2n) is 8.21. The number of nitrogens with one attached hydrogen (secondary N) is 1. The summed E-state index contributed by atoms with van der Waals surface area (Å²) in [4.78, 5) is 37.4. The lowest BCUT2D eigenvalue weighted by atomic mass is 10.2. The Balaban J connectivity index is 1.22. The van der Waals surface area contributed by atoms with E-state index in [-0.39, 0.29) is 17.2 Å². The van der Waals surface area contributed by atoms with E-state index in [2.05, 4.69) is 25.0 Å². The third kappa shape index (κ3) is 5.23. The fourth-order valence-electron chi connectivity index (χ4n) is 3.94. The Kier molecular flexibility index (Phi) is 6.55. The number of ether oxygens (including phenoxy) is 2. The molecule has 1 saturated heterocycles. The molecule has 0 bridgehead atoms. The molecule has 0 spiro atoms. The van der Waals surface area contributed by atoms with E-state index in [9.17, 15) is 9.59 Å². The maximum atomic E-state index is 12.8. The molecular formula is C23H25N7O5. The van der Waals surface area contributed by atoms with Crippen molar-refractivity contribution in [2.75, 3.05) is 39.5 Å². The highest BCUT2D eigenvalue weighted by atomic mass is 16.5. The molecule has 1 fully saturated rings. The summed E-state index contributed by atoms with van der Waals surface area (Å²) in [5.41, 5.74) is 1.14. The third-order valence-corrected chi connectivity index (χ3v) is 5.78. The smallest absolute Gasteiger partial charge is 0.338 e. The van der Waals surface area contributed by atoms with E-state index in [4.69, 9.17) is 14.6 Å². The monoisotopic (exact) mass is 479 g/mol. The lowest BCUT2D eigenvalue weighted by Gasteiger charge is -2.26. The number of H-pyrrole nitrogens is 1. The van der Waals surface area contributed by atoms with Crippen LogP contribution in [0.5, 0.6) is 5.75 Å². The molecule has 0 radical (unpaired) electrons. The summed E-state index contributed by atoms with van der Waals surface area (Å²) in [6, 6.07) is 7.75. The zero-order valence-electron chi connectivity index (χ0n) is 19.0. The lowest BCUT2D eigenvalue weighted by molar-refractivity contribution is 0.0358. The minimum atomic E-state index is -1.12. The van der Waals surface area contributed by atoms with Gasteiger partial charge >= 0.3 is 5.97 Å². The standard InChI is InChI=1S/C23H25N7O5/c31-21-19-20(26-23(27-21)30-14-17(12-25-30)22(32)33)24-15-29(19)13-16-2-4-18(5-3-16)35-9-1-6-28-7-10-34-11-8-28/h2-5,12,14-15H,1,6-11,13H2,(H,32,33)(H,26,27,31). The van der Waals surface area contributed by atoms with Gasteiger partial charge in [0, 0.05) is 32.4 Å². The zero-order valence-corrected chi connectivity index (χ0v) is 19.0. The van der Waals surface area contributed by atoms with Gasteiger partial charge in [-0.05, 0) is 24.1 Å². The van der Waals surface area contributed by atoms with Crippen LogP contribution in [0.4, 0.5) is 0 Å². The number of fused-ring (bicyclic) bond motifs is 1. The molecule has 0 aliphatic carbocycles. The Morgan fingerprint density at radius 2 is 2.00 bits per heavy atom. The first-order chi connectivity index (χ1) is 17.1. The van der Waals surface area contributed by atoms with E-state index >= 15 is 0 Å². The van der Waals surface area contributed by atoms with Crippen LogP contribution >= 0.6 is 0 Å². The topological polar surface area (TPSA) is 140 Å². The van der Waals surface area contributed by atoms with E-state index in [1.807, 2.05) is 24.3 Å². The molecule has 4 heterocycles. The number of carboxylic acids is 1. The highest BCUT2D eigenvalue weighted by Crippen LogP contribution is 2.16. The minimum absolute atomic E-state index is 0.0113. The highest BCUT2D eigenvalue weighted by molar-refractivity contribution is 5.86. The average molecular weight is 479 g/mol. The van der Waals surface area contributed by atoms with Gasteiger partial charge in [0.1, 0.15) is 5.75 Å². The Bertz CT molecular complexity index is 1370. The Hall–Kier alpha value is -4.03. The normalized spacial score (nSPS) is 14.4. The Morgan fingerprint density at radius 3 is 2.74 bits per heavy atom. The van der Waals surface area contributed by atoms with Crippen LogP contribution in [0.2, 0.25) is 0 Å². The molecule has 35 heavy (non-hydrogen) atoms. The van der Waals surface area contributed by atoms with Gasteiger partial charge in [0.25, 0.3) is 5.56 Å². The first kappa shape index (κ1) is 22.7. The number of aromatic amines is 1. The molecule has 1 aliphatic heterocycles. The third-order valence-electron chi connectivity index (χ3n) is 5.78. The quantitative estimate of drug-likeness (QED) is 0.338. The van der Waals surface area contributed by atoms with Crippen molar-refractivity contribution < 1.29 is 19.4 Å². The van der Waals surface area contributed by atoms with Crippen LogP contribution in [-0.4, -0.2) is 84.7 Å². The van der Waals surface area contributed by atoms with Crippen molar-refractivity contribution in [3.8, 4) is 11.7 Å². The molecule has 0 atom stereocenters. The van der Waals surface area contributed by atoms with Crippen molar-refractivity contribution >= 4 is 17.1 Å². The molecule has 3 aromatic heterocycles. The van der Waals surface area contributed by atoms with E-state index < -0.39 is 11.5 Å². The second kappa shape index (κ2) is 10.1. The molecule has 2 N–H and O–H groups in total. The molecule has 0 saturated carbocycles. The SMILES string of the molecule is O=C(O)c1cnn(-c2nc3ncn(Cc4ccc(OCCCN5CCOCC5)cc4)c3c(=O)[nH]2)c1. The number of hydrogen-bond donors (Lipinski definition) is 2. The number of aromatic nitrogens is 6. The van der Waals surface area contributed by atoms with Crippen LogP contribution in [0.25, 0.3) is 17.1 Å². The van der Waals surface area contributed by atoms with E-state index in [0.29, 0.717) is 18.7 Å². The number of hydrogen-bond acceptors (Lipinski definition) is 8. The fraction of sp³-hybridized carbons (Fsp3) is 0.348. The number of aromatic carboxylic acids is 1.